The second-order valence-corrected chi connectivity index (χ2v) is 13.5. The molecule has 0 rings (SSSR count). The van der Waals surface area contributed by atoms with E-state index in [1.807, 2.05) is 0 Å². The fourth-order valence-electron chi connectivity index (χ4n) is 2.72. The smallest absolute Gasteiger partial charge is 0.0566 e. The van der Waals surface area contributed by atoms with Gasteiger partial charge in [0.15, 0.2) is 0 Å². The molecule has 0 aromatic carbocycles. The van der Waals surface area contributed by atoms with Gasteiger partial charge < -0.3 is 0 Å². The maximum atomic E-state index is 2.61. The Bertz CT molecular complexity index is 192. The minimum absolute atomic E-state index is 0.489. The Morgan fingerprint density at radius 3 is 1.53 bits per heavy atom. The summed E-state index contributed by atoms with van der Waals surface area (Å²) in [4.78, 5) is 0. The van der Waals surface area contributed by atoms with Gasteiger partial charge in [0.2, 0.25) is 0 Å². The van der Waals surface area contributed by atoms with Gasteiger partial charge in [-0.1, -0.05) is 74.0 Å². The molecule has 0 fully saturated rings. The van der Waals surface area contributed by atoms with Crippen LogP contribution in [0.3, 0.4) is 0 Å². The van der Waals surface area contributed by atoms with Crippen molar-refractivity contribution < 1.29 is 0 Å². The normalized spacial score (nSPS) is 18.0. The summed E-state index contributed by atoms with van der Waals surface area (Å²) in [7, 11) is -1.15. The van der Waals surface area contributed by atoms with Crippen molar-refractivity contribution in [2.75, 3.05) is 0 Å². The summed E-state index contributed by atoms with van der Waals surface area (Å²) in [5.74, 6) is 0.850. The highest BCUT2D eigenvalue weighted by atomic mass is 28.3. The molecule has 0 heterocycles. The predicted octanol–water partition coefficient (Wildman–Crippen LogP) is 5.57. The summed E-state index contributed by atoms with van der Waals surface area (Å²) in [6, 6.07) is 2.91. The summed E-state index contributed by atoms with van der Waals surface area (Å²) >= 11 is 0. The largest absolute Gasteiger partial charge is 0.0687 e. The second kappa shape index (κ2) is 4.61. The summed E-state index contributed by atoms with van der Waals surface area (Å²) < 4.78 is 0. The van der Waals surface area contributed by atoms with Gasteiger partial charge in [0.25, 0.3) is 0 Å². The molecule has 0 saturated carbocycles. The zero-order valence-electron chi connectivity index (χ0n) is 12.5. The third kappa shape index (κ3) is 5.19. The van der Waals surface area contributed by atoms with Crippen molar-refractivity contribution in [3.05, 3.63) is 0 Å². The van der Waals surface area contributed by atoms with Crippen molar-refractivity contribution in [1.29, 1.82) is 0 Å². The van der Waals surface area contributed by atoms with Crippen LogP contribution in [0.5, 0.6) is 0 Å². The van der Waals surface area contributed by atoms with E-state index in [1.165, 1.54) is 12.1 Å². The molecule has 0 aromatic rings. The SMILES string of the molecule is CC(C)C[Si](C)(CC(C)(C)C)C(C)(C)C. The van der Waals surface area contributed by atoms with Gasteiger partial charge in [-0.25, -0.2) is 0 Å². The molecule has 0 N–H and O–H groups in total. The highest BCUT2D eigenvalue weighted by Crippen LogP contribution is 2.47. The van der Waals surface area contributed by atoms with Crippen molar-refractivity contribution in [3.63, 3.8) is 0 Å². The first-order chi connectivity index (χ1) is 6.37. The maximum absolute atomic E-state index is 2.61. The molecule has 15 heavy (non-hydrogen) atoms. The van der Waals surface area contributed by atoms with Gasteiger partial charge in [-0.15, -0.1) is 0 Å². The monoisotopic (exact) mass is 228 g/mol. The van der Waals surface area contributed by atoms with Crippen LogP contribution in [-0.4, -0.2) is 8.07 Å². The van der Waals surface area contributed by atoms with Gasteiger partial charge in [0.1, 0.15) is 0 Å². The molecule has 0 nitrogen and oxygen atoms in total. The Kier molecular flexibility index (Phi) is 4.67. The summed E-state index contributed by atoms with van der Waals surface area (Å²) in [6.45, 7) is 21.9. The Morgan fingerprint density at radius 2 is 1.33 bits per heavy atom. The molecule has 1 unspecified atom stereocenters. The van der Waals surface area contributed by atoms with Crippen LogP contribution in [0, 0.1) is 11.3 Å². The highest BCUT2D eigenvalue weighted by Gasteiger charge is 2.42. The van der Waals surface area contributed by atoms with Gasteiger partial charge in [-0.3, -0.25) is 0 Å². The van der Waals surface area contributed by atoms with Crippen LogP contribution in [0.4, 0.5) is 0 Å². The van der Waals surface area contributed by atoms with E-state index in [-0.39, 0.29) is 0 Å². The molecular weight excluding hydrogens is 196 g/mol. The van der Waals surface area contributed by atoms with E-state index in [0.29, 0.717) is 10.5 Å². The predicted molar refractivity (Wildman–Crippen MR) is 75.2 cm³/mol. The standard InChI is InChI=1S/C14H32Si/c1-12(2)10-15(9,14(6,7)8)11-13(3,4)5/h12H,10-11H2,1-9H3. The lowest BCUT2D eigenvalue weighted by Crippen LogP contribution is -2.44. The minimum atomic E-state index is -1.15. The van der Waals surface area contributed by atoms with Crippen LogP contribution in [0.15, 0.2) is 0 Å². The van der Waals surface area contributed by atoms with E-state index in [0.717, 1.165) is 5.92 Å². The first kappa shape index (κ1) is 15.2. The molecule has 1 heteroatoms. The number of hydrogen-bond acceptors (Lipinski definition) is 0. The van der Waals surface area contributed by atoms with Crippen molar-refractivity contribution in [1.82, 2.24) is 0 Å². The lowest BCUT2D eigenvalue weighted by Gasteiger charge is -2.45. The molecule has 0 aromatic heterocycles. The number of hydrogen-bond donors (Lipinski definition) is 0. The van der Waals surface area contributed by atoms with E-state index >= 15 is 0 Å². The molecule has 0 aliphatic heterocycles. The van der Waals surface area contributed by atoms with E-state index in [2.05, 4.69) is 61.9 Å². The van der Waals surface area contributed by atoms with Crippen molar-refractivity contribution in [2.24, 2.45) is 11.3 Å². The molecule has 0 amide bonds. The van der Waals surface area contributed by atoms with Crippen molar-refractivity contribution in [3.8, 4) is 0 Å². The van der Waals surface area contributed by atoms with Crippen molar-refractivity contribution >= 4 is 8.07 Å². The average molecular weight is 228 g/mol. The third-order valence-corrected chi connectivity index (χ3v) is 10.8. The highest BCUT2D eigenvalue weighted by molar-refractivity contribution is 6.81. The lowest BCUT2D eigenvalue weighted by atomic mass is 10.0. The third-order valence-electron chi connectivity index (χ3n) is 3.59. The Morgan fingerprint density at radius 1 is 0.933 bits per heavy atom. The van der Waals surface area contributed by atoms with Crippen LogP contribution in [0.25, 0.3) is 0 Å². The fraction of sp³-hybridized carbons (Fsp3) is 1.00. The summed E-state index contributed by atoms with van der Waals surface area (Å²) in [5, 5.41) is 0.532. The molecule has 92 valence electrons. The topological polar surface area (TPSA) is 0 Å². The Hall–Kier alpha value is 0.217. The molecule has 1 atom stereocenters. The minimum Gasteiger partial charge on any atom is -0.0687 e. The Balaban J connectivity index is 4.88. The quantitative estimate of drug-likeness (QED) is 0.554. The van der Waals surface area contributed by atoms with Crippen LogP contribution >= 0.6 is 0 Å². The van der Waals surface area contributed by atoms with E-state index in [9.17, 15) is 0 Å². The van der Waals surface area contributed by atoms with Crippen LogP contribution in [0.2, 0.25) is 23.7 Å². The van der Waals surface area contributed by atoms with Crippen LogP contribution in [0.1, 0.15) is 55.4 Å². The molecular formula is C14H32Si. The summed E-state index contributed by atoms with van der Waals surface area (Å²) in [6.07, 6.45) is 0. The maximum Gasteiger partial charge on any atom is 0.0566 e. The molecule has 0 spiro atoms. The second-order valence-electron chi connectivity index (χ2n) is 8.15. The van der Waals surface area contributed by atoms with Crippen LogP contribution < -0.4 is 0 Å². The molecule has 0 saturated heterocycles. The fourth-order valence-corrected chi connectivity index (χ4v) is 8.15. The molecule has 0 aliphatic carbocycles. The zero-order valence-corrected chi connectivity index (χ0v) is 13.5. The summed E-state index contributed by atoms with van der Waals surface area (Å²) in [5.41, 5.74) is 0.489. The van der Waals surface area contributed by atoms with Gasteiger partial charge in [0, 0.05) is 0 Å². The molecule has 0 radical (unpaired) electrons. The Labute approximate surface area is 98.9 Å². The van der Waals surface area contributed by atoms with E-state index in [1.54, 1.807) is 0 Å². The van der Waals surface area contributed by atoms with Gasteiger partial charge in [-0.05, 0) is 16.4 Å². The van der Waals surface area contributed by atoms with Gasteiger partial charge in [-0.2, -0.15) is 0 Å². The first-order valence-corrected chi connectivity index (χ1v) is 9.29. The average Bonchev–Trinajstić information content (AvgIpc) is 1.75. The van der Waals surface area contributed by atoms with Crippen LogP contribution in [-0.2, 0) is 0 Å². The van der Waals surface area contributed by atoms with Crippen molar-refractivity contribution in [2.45, 2.75) is 79.1 Å². The first-order valence-electron chi connectivity index (χ1n) is 6.37. The molecule has 0 bridgehead atoms. The van der Waals surface area contributed by atoms with E-state index in [4.69, 9.17) is 0 Å². The zero-order chi connectivity index (χ0) is 12.5. The van der Waals surface area contributed by atoms with E-state index < -0.39 is 8.07 Å². The lowest BCUT2D eigenvalue weighted by molar-refractivity contribution is 0.447. The molecule has 0 aliphatic rings. The number of rotatable bonds is 3. The van der Waals surface area contributed by atoms with Gasteiger partial charge in [0.05, 0.1) is 8.07 Å². The van der Waals surface area contributed by atoms with Gasteiger partial charge >= 0.3 is 0 Å².